The van der Waals surface area contributed by atoms with Crippen LogP contribution >= 0.6 is 11.3 Å². The van der Waals surface area contributed by atoms with Crippen LogP contribution in [0.1, 0.15) is 23.8 Å². The van der Waals surface area contributed by atoms with E-state index < -0.39 is 0 Å². The zero-order chi connectivity index (χ0) is 13.9. The van der Waals surface area contributed by atoms with Gasteiger partial charge in [0.15, 0.2) is 4.96 Å². The van der Waals surface area contributed by atoms with Crippen molar-refractivity contribution in [2.45, 2.75) is 13.3 Å². The van der Waals surface area contributed by atoms with Gasteiger partial charge in [-0.25, -0.2) is 4.98 Å². The molecule has 0 aliphatic heterocycles. The number of rotatable bonds is 4. The maximum atomic E-state index is 12.1. The first-order chi connectivity index (χ1) is 9.79. The molecular weight excluding hydrogens is 270 g/mol. The summed E-state index contributed by atoms with van der Waals surface area (Å²) in [7, 11) is 0. The summed E-state index contributed by atoms with van der Waals surface area (Å²) in [4.78, 5) is 17.5. The number of nitrogens with zero attached hydrogens (tertiary/aromatic N) is 2. The Morgan fingerprint density at radius 2 is 2.15 bits per heavy atom. The molecule has 20 heavy (non-hydrogen) atoms. The van der Waals surface area contributed by atoms with Gasteiger partial charge in [-0.2, -0.15) is 0 Å². The average Bonchev–Trinajstić information content (AvgIpc) is 3.05. The van der Waals surface area contributed by atoms with Crippen LogP contribution in [0.5, 0.6) is 0 Å². The standard InChI is InChI=1S/C15H15N3OS/c1-2-8-16-14(19)13-10-20-15-17-12(9-18(13)15)11-6-4-3-5-7-11/h3-7,9-10H,2,8H2,1H3,(H,16,19). The van der Waals surface area contributed by atoms with E-state index in [1.165, 1.54) is 11.3 Å². The Balaban J connectivity index is 1.97. The highest BCUT2D eigenvalue weighted by Gasteiger charge is 2.14. The van der Waals surface area contributed by atoms with Crippen LogP contribution in [0.25, 0.3) is 16.2 Å². The Morgan fingerprint density at radius 1 is 1.35 bits per heavy atom. The normalized spacial score (nSPS) is 10.8. The van der Waals surface area contributed by atoms with Crippen LogP contribution in [0.4, 0.5) is 0 Å². The highest BCUT2D eigenvalue weighted by molar-refractivity contribution is 7.15. The molecule has 0 saturated carbocycles. The summed E-state index contributed by atoms with van der Waals surface area (Å²) in [5, 5.41) is 4.74. The van der Waals surface area contributed by atoms with E-state index in [0.717, 1.165) is 22.6 Å². The van der Waals surface area contributed by atoms with Gasteiger partial charge in [-0.15, -0.1) is 11.3 Å². The molecule has 2 heterocycles. The van der Waals surface area contributed by atoms with Crippen molar-refractivity contribution in [1.29, 1.82) is 0 Å². The second kappa shape index (κ2) is 5.46. The molecular formula is C15H15N3OS. The largest absolute Gasteiger partial charge is 0.351 e. The fourth-order valence-electron chi connectivity index (χ4n) is 2.02. The van der Waals surface area contributed by atoms with E-state index in [2.05, 4.69) is 10.3 Å². The first kappa shape index (κ1) is 12.9. The molecule has 0 radical (unpaired) electrons. The Labute approximate surface area is 121 Å². The molecule has 3 rings (SSSR count). The number of carbonyl (C=O) groups excluding carboxylic acids is 1. The minimum absolute atomic E-state index is 0.0462. The molecule has 0 atom stereocenters. The summed E-state index contributed by atoms with van der Waals surface area (Å²) in [6, 6.07) is 9.98. The molecule has 3 aromatic rings. The number of fused-ring (bicyclic) bond motifs is 1. The SMILES string of the molecule is CCCNC(=O)c1csc2nc(-c3ccccc3)cn12. The first-order valence-corrected chi connectivity index (χ1v) is 7.47. The fraction of sp³-hybridized carbons (Fsp3) is 0.200. The molecule has 0 aliphatic carbocycles. The quantitative estimate of drug-likeness (QED) is 0.800. The summed E-state index contributed by atoms with van der Waals surface area (Å²) in [5.74, 6) is -0.0462. The minimum Gasteiger partial charge on any atom is -0.351 e. The van der Waals surface area contributed by atoms with Crippen molar-refractivity contribution < 1.29 is 4.79 Å². The van der Waals surface area contributed by atoms with Gasteiger partial charge in [0.05, 0.1) is 5.69 Å². The number of carbonyl (C=O) groups is 1. The lowest BCUT2D eigenvalue weighted by atomic mass is 10.2. The number of aromatic nitrogens is 2. The summed E-state index contributed by atoms with van der Waals surface area (Å²) >= 11 is 1.48. The Morgan fingerprint density at radius 3 is 2.90 bits per heavy atom. The Hall–Kier alpha value is -2.14. The van der Waals surface area contributed by atoms with Gasteiger partial charge in [-0.1, -0.05) is 37.3 Å². The molecule has 0 saturated heterocycles. The Bertz CT molecular complexity index is 730. The van der Waals surface area contributed by atoms with E-state index in [1.807, 2.05) is 53.2 Å². The number of hydrogen-bond acceptors (Lipinski definition) is 3. The third kappa shape index (κ3) is 2.32. The van der Waals surface area contributed by atoms with E-state index in [0.29, 0.717) is 12.2 Å². The van der Waals surface area contributed by atoms with Crippen LogP contribution in [-0.4, -0.2) is 21.8 Å². The monoisotopic (exact) mass is 285 g/mol. The van der Waals surface area contributed by atoms with Crippen molar-refractivity contribution in [1.82, 2.24) is 14.7 Å². The minimum atomic E-state index is -0.0462. The number of benzene rings is 1. The van der Waals surface area contributed by atoms with Crippen LogP contribution < -0.4 is 5.32 Å². The fourth-order valence-corrected chi connectivity index (χ4v) is 2.88. The third-order valence-electron chi connectivity index (χ3n) is 3.05. The van der Waals surface area contributed by atoms with E-state index >= 15 is 0 Å². The Kier molecular flexibility index (Phi) is 3.52. The zero-order valence-electron chi connectivity index (χ0n) is 11.2. The molecule has 0 fully saturated rings. The third-order valence-corrected chi connectivity index (χ3v) is 3.89. The summed E-state index contributed by atoms with van der Waals surface area (Å²) in [6.45, 7) is 2.73. The molecule has 0 spiro atoms. The van der Waals surface area contributed by atoms with Crippen molar-refractivity contribution in [3.63, 3.8) is 0 Å². The summed E-state index contributed by atoms with van der Waals surface area (Å²) in [5.41, 5.74) is 2.60. The molecule has 5 heteroatoms. The average molecular weight is 285 g/mol. The van der Waals surface area contributed by atoms with Gasteiger partial charge in [0, 0.05) is 23.7 Å². The molecule has 2 aromatic heterocycles. The van der Waals surface area contributed by atoms with Gasteiger partial charge in [0.25, 0.3) is 5.91 Å². The molecule has 0 bridgehead atoms. The number of amides is 1. The second-order valence-electron chi connectivity index (χ2n) is 4.52. The van der Waals surface area contributed by atoms with Gasteiger partial charge < -0.3 is 5.32 Å². The van der Waals surface area contributed by atoms with Crippen LogP contribution in [-0.2, 0) is 0 Å². The van der Waals surface area contributed by atoms with Gasteiger partial charge in [0.2, 0.25) is 0 Å². The smallest absolute Gasteiger partial charge is 0.269 e. The number of hydrogen-bond donors (Lipinski definition) is 1. The highest BCUT2D eigenvalue weighted by Crippen LogP contribution is 2.23. The summed E-state index contributed by atoms with van der Waals surface area (Å²) in [6.07, 6.45) is 2.85. The molecule has 102 valence electrons. The van der Waals surface area contributed by atoms with Gasteiger partial charge in [-0.3, -0.25) is 9.20 Å². The number of nitrogens with one attached hydrogen (secondary N) is 1. The van der Waals surface area contributed by atoms with Crippen molar-refractivity contribution in [3.8, 4) is 11.3 Å². The van der Waals surface area contributed by atoms with Gasteiger partial charge >= 0.3 is 0 Å². The maximum absolute atomic E-state index is 12.1. The van der Waals surface area contributed by atoms with E-state index in [-0.39, 0.29) is 5.91 Å². The predicted molar refractivity (Wildman–Crippen MR) is 81.1 cm³/mol. The van der Waals surface area contributed by atoms with Gasteiger partial charge in [0.1, 0.15) is 5.69 Å². The summed E-state index contributed by atoms with van der Waals surface area (Å²) < 4.78 is 1.86. The molecule has 1 amide bonds. The van der Waals surface area contributed by atoms with Crippen molar-refractivity contribution in [2.24, 2.45) is 0 Å². The highest BCUT2D eigenvalue weighted by atomic mass is 32.1. The topological polar surface area (TPSA) is 46.4 Å². The van der Waals surface area contributed by atoms with E-state index in [1.54, 1.807) is 0 Å². The first-order valence-electron chi connectivity index (χ1n) is 6.60. The predicted octanol–water partition coefficient (Wildman–Crippen LogP) is 3.20. The van der Waals surface area contributed by atoms with Crippen LogP contribution in [0.2, 0.25) is 0 Å². The van der Waals surface area contributed by atoms with Gasteiger partial charge in [-0.05, 0) is 6.42 Å². The molecule has 0 aliphatic rings. The van der Waals surface area contributed by atoms with Crippen molar-refractivity contribution in [2.75, 3.05) is 6.54 Å². The molecule has 4 nitrogen and oxygen atoms in total. The molecule has 1 aromatic carbocycles. The number of imidazole rings is 1. The second-order valence-corrected chi connectivity index (χ2v) is 5.36. The van der Waals surface area contributed by atoms with Crippen LogP contribution in [0.15, 0.2) is 41.9 Å². The lowest BCUT2D eigenvalue weighted by Gasteiger charge is -2.01. The molecule has 0 unspecified atom stereocenters. The lowest BCUT2D eigenvalue weighted by molar-refractivity contribution is 0.0948. The van der Waals surface area contributed by atoms with Crippen molar-refractivity contribution >= 4 is 22.2 Å². The van der Waals surface area contributed by atoms with E-state index in [9.17, 15) is 4.79 Å². The van der Waals surface area contributed by atoms with Crippen LogP contribution in [0.3, 0.4) is 0 Å². The number of thiazole rings is 1. The lowest BCUT2D eigenvalue weighted by Crippen LogP contribution is -2.25. The molecule has 1 N–H and O–H groups in total. The van der Waals surface area contributed by atoms with E-state index in [4.69, 9.17) is 0 Å². The van der Waals surface area contributed by atoms with Crippen molar-refractivity contribution in [3.05, 3.63) is 47.6 Å². The van der Waals surface area contributed by atoms with Crippen LogP contribution in [0, 0.1) is 0 Å². The maximum Gasteiger partial charge on any atom is 0.269 e. The zero-order valence-corrected chi connectivity index (χ0v) is 12.0.